The van der Waals surface area contributed by atoms with Crippen molar-refractivity contribution in [3.8, 4) is 0 Å². The van der Waals surface area contributed by atoms with Crippen LogP contribution in [0.2, 0.25) is 0 Å². The van der Waals surface area contributed by atoms with E-state index in [1.807, 2.05) is 31.2 Å². The van der Waals surface area contributed by atoms with Crippen molar-refractivity contribution in [3.63, 3.8) is 0 Å². The smallest absolute Gasteiger partial charge is 0.313 e. The van der Waals surface area contributed by atoms with Gasteiger partial charge in [0.05, 0.1) is 13.7 Å². The van der Waals surface area contributed by atoms with Gasteiger partial charge in [-0.2, -0.15) is 0 Å². The molecular formula is C13H16O4. The van der Waals surface area contributed by atoms with Gasteiger partial charge >= 0.3 is 5.97 Å². The molecule has 17 heavy (non-hydrogen) atoms. The SMILES string of the molecule is COC(=O)CC(=O)COCc1ccc(C)cc1. The maximum Gasteiger partial charge on any atom is 0.313 e. The minimum absolute atomic E-state index is 0.0665. The molecule has 92 valence electrons. The molecular weight excluding hydrogens is 220 g/mol. The van der Waals surface area contributed by atoms with Gasteiger partial charge < -0.3 is 9.47 Å². The van der Waals surface area contributed by atoms with Crippen molar-refractivity contribution in [2.45, 2.75) is 20.0 Å². The molecule has 4 nitrogen and oxygen atoms in total. The largest absolute Gasteiger partial charge is 0.469 e. The number of esters is 1. The van der Waals surface area contributed by atoms with Gasteiger partial charge in [0.2, 0.25) is 0 Å². The second-order valence-electron chi connectivity index (χ2n) is 3.77. The molecule has 0 N–H and O–H groups in total. The first kappa shape index (κ1) is 13.4. The van der Waals surface area contributed by atoms with Crippen LogP contribution in [0.4, 0.5) is 0 Å². The number of methoxy groups -OCH3 is 1. The van der Waals surface area contributed by atoms with Crippen molar-refractivity contribution in [2.75, 3.05) is 13.7 Å². The molecule has 0 fully saturated rings. The maximum atomic E-state index is 11.2. The van der Waals surface area contributed by atoms with Crippen LogP contribution in [-0.2, 0) is 25.7 Å². The minimum atomic E-state index is -0.533. The second kappa shape index (κ2) is 6.81. The third-order valence-corrected chi connectivity index (χ3v) is 2.22. The first-order chi connectivity index (χ1) is 8.11. The van der Waals surface area contributed by atoms with Crippen molar-refractivity contribution in [1.82, 2.24) is 0 Å². The third-order valence-electron chi connectivity index (χ3n) is 2.22. The second-order valence-corrected chi connectivity index (χ2v) is 3.77. The number of carbonyl (C=O) groups excluding carboxylic acids is 2. The number of benzene rings is 1. The molecule has 1 aromatic rings. The molecule has 0 saturated heterocycles. The predicted molar refractivity (Wildman–Crippen MR) is 62.5 cm³/mol. The quantitative estimate of drug-likeness (QED) is 0.556. The summed E-state index contributed by atoms with van der Waals surface area (Å²) in [6, 6.07) is 7.85. The summed E-state index contributed by atoms with van der Waals surface area (Å²) in [6.07, 6.45) is -0.232. The van der Waals surface area contributed by atoms with Crippen LogP contribution in [0.3, 0.4) is 0 Å². The van der Waals surface area contributed by atoms with Gasteiger partial charge in [0.1, 0.15) is 13.0 Å². The van der Waals surface area contributed by atoms with E-state index in [4.69, 9.17) is 4.74 Å². The van der Waals surface area contributed by atoms with Gasteiger partial charge in [-0.1, -0.05) is 29.8 Å². The van der Waals surface area contributed by atoms with Crippen LogP contribution in [0.5, 0.6) is 0 Å². The molecule has 0 aliphatic heterocycles. The van der Waals surface area contributed by atoms with Crippen LogP contribution in [0.1, 0.15) is 17.5 Å². The average molecular weight is 236 g/mol. The summed E-state index contributed by atoms with van der Waals surface area (Å²) in [5.74, 6) is -0.808. The van der Waals surface area contributed by atoms with Gasteiger partial charge in [-0.05, 0) is 12.5 Å². The normalized spacial score (nSPS) is 10.0. The van der Waals surface area contributed by atoms with E-state index >= 15 is 0 Å². The molecule has 0 bridgehead atoms. The summed E-state index contributed by atoms with van der Waals surface area (Å²) < 4.78 is 9.59. The number of hydrogen-bond donors (Lipinski definition) is 0. The highest BCUT2D eigenvalue weighted by molar-refractivity contribution is 5.96. The monoisotopic (exact) mass is 236 g/mol. The summed E-state index contributed by atoms with van der Waals surface area (Å²) in [5.41, 5.74) is 2.18. The molecule has 0 saturated carbocycles. The van der Waals surface area contributed by atoms with Crippen molar-refractivity contribution < 1.29 is 19.1 Å². The molecule has 0 amide bonds. The molecule has 0 aliphatic rings. The van der Waals surface area contributed by atoms with E-state index in [1.165, 1.54) is 12.7 Å². The van der Waals surface area contributed by atoms with Gasteiger partial charge in [-0.15, -0.1) is 0 Å². The van der Waals surface area contributed by atoms with Crippen LogP contribution in [-0.4, -0.2) is 25.5 Å². The lowest BCUT2D eigenvalue weighted by Crippen LogP contribution is -2.14. The Labute approximate surface area is 101 Å². The number of ketones is 1. The number of rotatable bonds is 6. The number of aryl methyl sites for hydroxylation is 1. The standard InChI is InChI=1S/C13H16O4/c1-10-3-5-11(6-4-10)8-17-9-12(14)7-13(15)16-2/h3-6H,7-9H2,1-2H3. The molecule has 1 aromatic carbocycles. The van der Waals surface area contributed by atoms with Crippen molar-refractivity contribution in [3.05, 3.63) is 35.4 Å². The third kappa shape index (κ3) is 5.26. The lowest BCUT2D eigenvalue weighted by molar-refractivity contribution is -0.144. The van der Waals surface area contributed by atoms with Crippen molar-refractivity contribution >= 4 is 11.8 Å². The Balaban J connectivity index is 2.26. The number of carbonyl (C=O) groups is 2. The number of Topliss-reactive ketones (excluding diaryl/α,β-unsaturated/α-hetero) is 1. The Bertz CT molecular complexity index is 381. The van der Waals surface area contributed by atoms with Crippen LogP contribution >= 0.6 is 0 Å². The Morgan fingerprint density at radius 1 is 1.18 bits per heavy atom. The molecule has 0 aromatic heterocycles. The number of hydrogen-bond acceptors (Lipinski definition) is 4. The highest BCUT2D eigenvalue weighted by Gasteiger charge is 2.09. The fourth-order valence-electron chi connectivity index (χ4n) is 1.25. The number of ether oxygens (including phenoxy) is 2. The van der Waals surface area contributed by atoms with Crippen LogP contribution in [0.25, 0.3) is 0 Å². The zero-order valence-electron chi connectivity index (χ0n) is 10.1. The predicted octanol–water partition coefficient (Wildman–Crippen LogP) is 1.64. The Morgan fingerprint density at radius 3 is 2.41 bits per heavy atom. The zero-order valence-corrected chi connectivity index (χ0v) is 10.1. The fraction of sp³-hybridized carbons (Fsp3) is 0.385. The molecule has 4 heteroatoms. The molecule has 0 atom stereocenters. The van der Waals surface area contributed by atoms with Crippen LogP contribution < -0.4 is 0 Å². The van der Waals surface area contributed by atoms with Gasteiger partial charge in [-0.3, -0.25) is 9.59 Å². The molecule has 0 heterocycles. The highest BCUT2D eigenvalue weighted by atomic mass is 16.5. The summed E-state index contributed by atoms with van der Waals surface area (Å²) in [6.45, 7) is 2.31. The maximum absolute atomic E-state index is 11.2. The lowest BCUT2D eigenvalue weighted by Gasteiger charge is -2.04. The van der Waals surface area contributed by atoms with Crippen LogP contribution in [0.15, 0.2) is 24.3 Å². The Hall–Kier alpha value is -1.68. The zero-order chi connectivity index (χ0) is 12.7. The molecule has 0 aliphatic carbocycles. The van der Waals surface area contributed by atoms with E-state index in [1.54, 1.807) is 0 Å². The summed E-state index contributed by atoms with van der Waals surface area (Å²) >= 11 is 0. The highest BCUT2D eigenvalue weighted by Crippen LogP contribution is 2.04. The van der Waals surface area contributed by atoms with E-state index in [0.29, 0.717) is 6.61 Å². The minimum Gasteiger partial charge on any atom is -0.469 e. The molecule has 0 unspecified atom stereocenters. The van der Waals surface area contributed by atoms with Crippen molar-refractivity contribution in [2.24, 2.45) is 0 Å². The van der Waals surface area contributed by atoms with Gasteiger partial charge in [0, 0.05) is 0 Å². The first-order valence-electron chi connectivity index (χ1n) is 5.33. The van der Waals surface area contributed by atoms with Gasteiger partial charge in [-0.25, -0.2) is 0 Å². The van der Waals surface area contributed by atoms with Gasteiger partial charge in [0.15, 0.2) is 5.78 Å². The van der Waals surface area contributed by atoms with E-state index < -0.39 is 5.97 Å². The van der Waals surface area contributed by atoms with E-state index in [0.717, 1.165) is 5.56 Å². The molecule has 0 radical (unpaired) electrons. The summed E-state index contributed by atoms with van der Waals surface area (Å²) in [5, 5.41) is 0. The summed E-state index contributed by atoms with van der Waals surface area (Å²) in [4.78, 5) is 22.0. The average Bonchev–Trinajstić information content (AvgIpc) is 2.31. The molecule has 0 spiro atoms. The van der Waals surface area contributed by atoms with Crippen LogP contribution in [0, 0.1) is 6.92 Å². The summed E-state index contributed by atoms with van der Waals surface area (Å²) in [7, 11) is 1.25. The first-order valence-corrected chi connectivity index (χ1v) is 5.33. The lowest BCUT2D eigenvalue weighted by atomic mass is 10.2. The topological polar surface area (TPSA) is 52.6 Å². The fourth-order valence-corrected chi connectivity index (χ4v) is 1.25. The van der Waals surface area contributed by atoms with E-state index in [9.17, 15) is 9.59 Å². The molecule has 1 rings (SSSR count). The van der Waals surface area contributed by atoms with Crippen molar-refractivity contribution in [1.29, 1.82) is 0 Å². The van der Waals surface area contributed by atoms with E-state index in [2.05, 4.69) is 4.74 Å². The van der Waals surface area contributed by atoms with E-state index in [-0.39, 0.29) is 18.8 Å². The Morgan fingerprint density at radius 2 is 1.82 bits per heavy atom. The van der Waals surface area contributed by atoms with Gasteiger partial charge in [0.25, 0.3) is 0 Å². The Kier molecular flexibility index (Phi) is 5.36.